The number of hydrogen-bond acceptors (Lipinski definition) is 4. The number of alkyl halides is 3. The highest BCUT2D eigenvalue weighted by molar-refractivity contribution is 5.65. The van der Waals surface area contributed by atoms with Gasteiger partial charge in [-0.25, -0.2) is 0 Å². The molecule has 0 bridgehead atoms. The average Bonchev–Trinajstić information content (AvgIpc) is 2.69. The first-order valence-electron chi connectivity index (χ1n) is 6.11. The number of anilines is 1. The molecule has 0 aliphatic heterocycles. The summed E-state index contributed by atoms with van der Waals surface area (Å²) in [5, 5.41) is 17.5. The fourth-order valence-electron chi connectivity index (χ4n) is 2.09. The van der Waals surface area contributed by atoms with Crippen LogP contribution in [0, 0.1) is 0 Å². The quantitative estimate of drug-likeness (QED) is 0.834. The number of nitrogens with zero attached hydrogens (tertiary/aromatic N) is 3. The first-order valence-corrected chi connectivity index (χ1v) is 6.11. The van der Waals surface area contributed by atoms with Crippen LogP contribution in [0.1, 0.15) is 25.2 Å². The van der Waals surface area contributed by atoms with E-state index < -0.39 is 17.3 Å². The number of nitrogen functional groups attached to an aromatic ring is 1. The molecule has 0 fully saturated rings. The van der Waals surface area contributed by atoms with Gasteiger partial charge in [0.15, 0.2) is 11.6 Å². The van der Waals surface area contributed by atoms with E-state index in [4.69, 9.17) is 5.73 Å². The number of aliphatic hydroxyl groups is 1. The highest BCUT2D eigenvalue weighted by atomic mass is 19.4. The molecule has 2 rings (SSSR count). The number of nitrogens with two attached hydrogens (primary N) is 1. The Morgan fingerprint density at radius 1 is 1.19 bits per heavy atom. The van der Waals surface area contributed by atoms with Crippen LogP contribution >= 0.6 is 0 Å². The van der Waals surface area contributed by atoms with E-state index in [0.29, 0.717) is 0 Å². The lowest BCUT2D eigenvalue weighted by Crippen LogP contribution is -2.21. The van der Waals surface area contributed by atoms with Crippen molar-refractivity contribution in [1.29, 1.82) is 0 Å². The minimum atomic E-state index is -4.56. The van der Waals surface area contributed by atoms with E-state index in [1.54, 1.807) is 0 Å². The highest BCUT2D eigenvalue weighted by Crippen LogP contribution is 2.38. The zero-order valence-corrected chi connectivity index (χ0v) is 11.7. The third kappa shape index (κ3) is 2.85. The molecule has 1 aromatic carbocycles. The van der Waals surface area contributed by atoms with Gasteiger partial charge in [0.05, 0.1) is 5.56 Å². The molecule has 0 radical (unpaired) electrons. The van der Waals surface area contributed by atoms with Crippen molar-refractivity contribution in [2.75, 3.05) is 5.73 Å². The zero-order valence-electron chi connectivity index (χ0n) is 11.7. The van der Waals surface area contributed by atoms with Crippen LogP contribution in [0.25, 0.3) is 11.4 Å². The van der Waals surface area contributed by atoms with Crippen LogP contribution in [0.3, 0.4) is 0 Å². The minimum Gasteiger partial charge on any atom is -0.399 e. The average molecular weight is 300 g/mol. The molecule has 0 aliphatic carbocycles. The molecule has 1 heterocycles. The molecule has 114 valence electrons. The van der Waals surface area contributed by atoms with E-state index in [0.717, 1.165) is 6.07 Å². The monoisotopic (exact) mass is 300 g/mol. The molecular formula is C13H15F3N4O. The molecule has 0 amide bonds. The predicted molar refractivity (Wildman–Crippen MR) is 71.1 cm³/mol. The van der Waals surface area contributed by atoms with Crippen LogP contribution in [0.4, 0.5) is 18.9 Å². The van der Waals surface area contributed by atoms with Crippen molar-refractivity contribution in [1.82, 2.24) is 14.8 Å². The van der Waals surface area contributed by atoms with Gasteiger partial charge in [0.2, 0.25) is 0 Å². The van der Waals surface area contributed by atoms with Crippen molar-refractivity contribution in [3.63, 3.8) is 0 Å². The summed E-state index contributed by atoms with van der Waals surface area (Å²) in [5.41, 5.74) is 3.10. The SMILES string of the molecule is Cn1c(-c2ccc(N)cc2C(F)(F)F)nnc1C(C)(C)O. The molecule has 0 spiro atoms. The summed E-state index contributed by atoms with van der Waals surface area (Å²) in [4.78, 5) is 0. The van der Waals surface area contributed by atoms with Gasteiger partial charge in [0, 0.05) is 18.3 Å². The van der Waals surface area contributed by atoms with E-state index in [1.165, 1.54) is 37.6 Å². The summed E-state index contributed by atoms with van der Waals surface area (Å²) in [5.74, 6) is 0.182. The lowest BCUT2D eigenvalue weighted by atomic mass is 10.0. The Hall–Kier alpha value is -2.09. The van der Waals surface area contributed by atoms with Crippen LogP contribution in [-0.2, 0) is 18.8 Å². The Morgan fingerprint density at radius 3 is 2.29 bits per heavy atom. The van der Waals surface area contributed by atoms with Crippen LogP contribution in [0.5, 0.6) is 0 Å². The largest absolute Gasteiger partial charge is 0.417 e. The van der Waals surface area contributed by atoms with Gasteiger partial charge in [-0.2, -0.15) is 13.2 Å². The second-order valence-corrected chi connectivity index (χ2v) is 5.27. The standard InChI is InChI=1S/C13H15F3N4O/c1-12(2,21)11-19-18-10(20(11)3)8-5-4-7(17)6-9(8)13(14,15)16/h4-6,21H,17H2,1-3H3. The molecule has 8 heteroatoms. The van der Waals surface area contributed by atoms with Crippen molar-refractivity contribution in [2.24, 2.45) is 7.05 Å². The van der Waals surface area contributed by atoms with Gasteiger partial charge in [0.1, 0.15) is 5.60 Å². The van der Waals surface area contributed by atoms with Crippen LogP contribution in [0.2, 0.25) is 0 Å². The molecule has 0 saturated carbocycles. The summed E-state index contributed by atoms with van der Waals surface area (Å²) in [6.07, 6.45) is -4.56. The van der Waals surface area contributed by atoms with Crippen LogP contribution in [0.15, 0.2) is 18.2 Å². The molecule has 1 aromatic heterocycles. The summed E-state index contributed by atoms with van der Waals surface area (Å²) in [6, 6.07) is 3.47. The third-order valence-corrected chi connectivity index (χ3v) is 3.01. The molecule has 0 unspecified atom stereocenters. The summed E-state index contributed by atoms with van der Waals surface area (Å²) in [7, 11) is 1.50. The van der Waals surface area contributed by atoms with Gasteiger partial charge < -0.3 is 15.4 Å². The molecule has 5 nitrogen and oxygen atoms in total. The number of benzene rings is 1. The lowest BCUT2D eigenvalue weighted by Gasteiger charge is -2.17. The van der Waals surface area contributed by atoms with E-state index in [9.17, 15) is 18.3 Å². The lowest BCUT2D eigenvalue weighted by molar-refractivity contribution is -0.137. The summed E-state index contributed by atoms with van der Waals surface area (Å²) in [6.45, 7) is 2.96. The van der Waals surface area contributed by atoms with Gasteiger partial charge in [-0.3, -0.25) is 0 Å². The second kappa shape index (κ2) is 4.73. The maximum atomic E-state index is 13.1. The number of hydrogen-bond donors (Lipinski definition) is 2. The van der Waals surface area contributed by atoms with Crippen molar-refractivity contribution in [3.05, 3.63) is 29.6 Å². The topological polar surface area (TPSA) is 77.0 Å². The van der Waals surface area contributed by atoms with Gasteiger partial charge in [-0.05, 0) is 32.0 Å². The van der Waals surface area contributed by atoms with E-state index in [2.05, 4.69) is 10.2 Å². The Kier molecular flexibility index (Phi) is 3.45. The molecule has 0 saturated heterocycles. The maximum Gasteiger partial charge on any atom is 0.417 e. The zero-order chi connectivity index (χ0) is 16.0. The van der Waals surface area contributed by atoms with E-state index in [-0.39, 0.29) is 22.9 Å². The Morgan fingerprint density at radius 2 is 1.81 bits per heavy atom. The minimum absolute atomic E-state index is 0.0101. The van der Waals surface area contributed by atoms with Gasteiger partial charge in [-0.15, -0.1) is 10.2 Å². The van der Waals surface area contributed by atoms with Gasteiger partial charge in [0.25, 0.3) is 0 Å². The second-order valence-electron chi connectivity index (χ2n) is 5.27. The first kappa shape index (κ1) is 15.3. The molecule has 21 heavy (non-hydrogen) atoms. The fraction of sp³-hybridized carbons (Fsp3) is 0.385. The Balaban J connectivity index is 2.66. The first-order chi connectivity index (χ1) is 9.51. The summed E-state index contributed by atoms with van der Waals surface area (Å²) >= 11 is 0. The van der Waals surface area contributed by atoms with Gasteiger partial charge >= 0.3 is 6.18 Å². The third-order valence-electron chi connectivity index (χ3n) is 3.01. The number of halogens is 3. The Bertz CT molecular complexity index is 671. The Labute approximate surface area is 119 Å². The van der Waals surface area contributed by atoms with Crippen molar-refractivity contribution in [2.45, 2.75) is 25.6 Å². The maximum absolute atomic E-state index is 13.1. The normalized spacial score (nSPS) is 12.7. The molecular weight excluding hydrogens is 285 g/mol. The van der Waals surface area contributed by atoms with Crippen molar-refractivity contribution >= 4 is 5.69 Å². The van der Waals surface area contributed by atoms with Gasteiger partial charge in [-0.1, -0.05) is 0 Å². The molecule has 0 atom stereocenters. The van der Waals surface area contributed by atoms with Crippen LogP contribution < -0.4 is 5.73 Å². The molecule has 0 aliphatic rings. The molecule has 3 N–H and O–H groups in total. The summed E-state index contributed by atoms with van der Waals surface area (Å²) < 4.78 is 40.7. The number of rotatable bonds is 2. The highest BCUT2D eigenvalue weighted by Gasteiger charge is 2.36. The number of aromatic nitrogens is 3. The van der Waals surface area contributed by atoms with E-state index >= 15 is 0 Å². The van der Waals surface area contributed by atoms with E-state index in [1.807, 2.05) is 0 Å². The smallest absolute Gasteiger partial charge is 0.399 e. The van der Waals surface area contributed by atoms with Crippen molar-refractivity contribution < 1.29 is 18.3 Å². The fourth-order valence-corrected chi connectivity index (χ4v) is 2.09. The molecule has 2 aromatic rings. The van der Waals surface area contributed by atoms with Crippen molar-refractivity contribution in [3.8, 4) is 11.4 Å². The van der Waals surface area contributed by atoms with Crippen LogP contribution in [-0.4, -0.2) is 19.9 Å². The predicted octanol–water partition coefficient (Wildman–Crippen LogP) is 2.31.